The second-order valence-electron chi connectivity index (χ2n) is 5.07. The average Bonchev–Trinajstić information content (AvgIpc) is 2.78. The molecule has 0 aliphatic carbocycles. The summed E-state index contributed by atoms with van der Waals surface area (Å²) in [5, 5.41) is 2.94. The minimum atomic E-state index is -3.58. The Morgan fingerprint density at radius 3 is 2.50 bits per heavy atom. The first-order valence-corrected chi connectivity index (χ1v) is 8.16. The SMILES string of the molecule is CCN(C(C)CN(C)C)S(=O)(=O)c1ccc(CNC)o1. The predicted molar refractivity (Wildman–Crippen MR) is 79.1 cm³/mol. The van der Waals surface area contributed by atoms with Crippen LogP contribution in [0.3, 0.4) is 0 Å². The third-order valence-corrected chi connectivity index (χ3v) is 4.95. The lowest BCUT2D eigenvalue weighted by Crippen LogP contribution is -2.43. The van der Waals surface area contributed by atoms with Crippen molar-refractivity contribution < 1.29 is 12.8 Å². The Kier molecular flexibility index (Phi) is 6.19. The summed E-state index contributed by atoms with van der Waals surface area (Å²) in [5.74, 6) is 0.613. The first-order chi connectivity index (χ1) is 9.32. The third-order valence-electron chi connectivity index (χ3n) is 2.98. The van der Waals surface area contributed by atoms with Crippen molar-refractivity contribution in [2.24, 2.45) is 0 Å². The van der Waals surface area contributed by atoms with Gasteiger partial charge in [0.2, 0.25) is 5.09 Å². The Hall–Kier alpha value is -0.890. The molecule has 0 aliphatic heterocycles. The van der Waals surface area contributed by atoms with Gasteiger partial charge in [0.15, 0.2) is 0 Å². The fourth-order valence-electron chi connectivity index (χ4n) is 2.22. The van der Waals surface area contributed by atoms with Gasteiger partial charge in [0.05, 0.1) is 6.54 Å². The molecule has 0 aliphatic rings. The van der Waals surface area contributed by atoms with Gasteiger partial charge in [-0.15, -0.1) is 0 Å². The Bertz CT molecular complexity index is 511. The van der Waals surface area contributed by atoms with Crippen molar-refractivity contribution in [2.75, 3.05) is 34.2 Å². The van der Waals surface area contributed by atoms with Gasteiger partial charge in [0.1, 0.15) is 5.76 Å². The van der Waals surface area contributed by atoms with Crippen LogP contribution in [0.1, 0.15) is 19.6 Å². The van der Waals surface area contributed by atoms with Crippen molar-refractivity contribution >= 4 is 10.0 Å². The number of sulfonamides is 1. The maximum atomic E-state index is 12.6. The third kappa shape index (κ3) is 4.05. The molecule has 1 aromatic rings. The van der Waals surface area contributed by atoms with Crippen LogP contribution < -0.4 is 5.32 Å². The smallest absolute Gasteiger partial charge is 0.276 e. The zero-order chi connectivity index (χ0) is 15.3. The molecule has 0 radical (unpaired) electrons. The zero-order valence-electron chi connectivity index (χ0n) is 12.9. The van der Waals surface area contributed by atoms with Crippen molar-refractivity contribution in [2.45, 2.75) is 31.5 Å². The summed E-state index contributed by atoms with van der Waals surface area (Å²) >= 11 is 0. The maximum absolute atomic E-state index is 12.6. The van der Waals surface area contributed by atoms with Crippen LogP contribution in [-0.2, 0) is 16.6 Å². The molecule has 7 heteroatoms. The zero-order valence-corrected chi connectivity index (χ0v) is 13.7. The normalized spacial score (nSPS) is 14.2. The lowest BCUT2D eigenvalue weighted by molar-refractivity contribution is 0.265. The van der Waals surface area contributed by atoms with E-state index < -0.39 is 10.0 Å². The molecule has 1 N–H and O–H groups in total. The summed E-state index contributed by atoms with van der Waals surface area (Å²) in [6, 6.07) is 3.10. The number of rotatable bonds is 8. The summed E-state index contributed by atoms with van der Waals surface area (Å²) in [7, 11) is 2.06. The van der Waals surface area contributed by atoms with Gasteiger partial charge in [-0.3, -0.25) is 0 Å². The van der Waals surface area contributed by atoms with Crippen LogP contribution in [0.2, 0.25) is 0 Å². The van der Waals surface area contributed by atoms with E-state index in [0.717, 1.165) is 0 Å². The van der Waals surface area contributed by atoms with E-state index in [2.05, 4.69) is 5.32 Å². The van der Waals surface area contributed by atoms with Crippen LogP contribution in [0.15, 0.2) is 21.6 Å². The largest absolute Gasteiger partial charge is 0.447 e. The molecule has 1 atom stereocenters. The fraction of sp³-hybridized carbons (Fsp3) is 0.692. The molecular formula is C13H25N3O3S. The molecule has 0 bridgehead atoms. The second kappa shape index (κ2) is 7.21. The molecule has 0 fully saturated rings. The van der Waals surface area contributed by atoms with E-state index in [1.807, 2.05) is 32.8 Å². The highest BCUT2D eigenvalue weighted by Gasteiger charge is 2.30. The van der Waals surface area contributed by atoms with Crippen molar-refractivity contribution in [3.8, 4) is 0 Å². The van der Waals surface area contributed by atoms with Crippen molar-refractivity contribution in [1.29, 1.82) is 0 Å². The van der Waals surface area contributed by atoms with Gasteiger partial charge in [0, 0.05) is 19.1 Å². The van der Waals surface area contributed by atoms with E-state index >= 15 is 0 Å². The molecule has 1 unspecified atom stereocenters. The number of nitrogens with one attached hydrogen (secondary N) is 1. The van der Waals surface area contributed by atoms with Gasteiger partial charge in [-0.25, -0.2) is 8.42 Å². The fourth-order valence-corrected chi connectivity index (χ4v) is 3.78. The van der Waals surface area contributed by atoms with Crippen molar-refractivity contribution in [3.05, 3.63) is 17.9 Å². The molecule has 0 saturated carbocycles. The summed E-state index contributed by atoms with van der Waals surface area (Å²) in [5.41, 5.74) is 0. The van der Waals surface area contributed by atoms with Gasteiger partial charge < -0.3 is 14.6 Å². The van der Waals surface area contributed by atoms with E-state index in [0.29, 0.717) is 25.4 Å². The highest BCUT2D eigenvalue weighted by atomic mass is 32.2. The molecule has 116 valence electrons. The van der Waals surface area contributed by atoms with Gasteiger partial charge in [-0.2, -0.15) is 4.31 Å². The molecule has 0 saturated heterocycles. The van der Waals surface area contributed by atoms with E-state index in [4.69, 9.17) is 4.42 Å². The van der Waals surface area contributed by atoms with Gasteiger partial charge >= 0.3 is 0 Å². The number of likely N-dealkylation sites (N-methyl/N-ethyl adjacent to an activating group) is 2. The highest BCUT2D eigenvalue weighted by Crippen LogP contribution is 2.21. The Balaban J connectivity index is 2.98. The first kappa shape index (κ1) is 17.2. The van der Waals surface area contributed by atoms with Gasteiger partial charge in [-0.1, -0.05) is 6.92 Å². The summed E-state index contributed by atoms with van der Waals surface area (Å²) in [4.78, 5) is 1.97. The number of hydrogen-bond donors (Lipinski definition) is 1. The lowest BCUT2D eigenvalue weighted by atomic mass is 10.3. The Morgan fingerprint density at radius 2 is 2.00 bits per heavy atom. The van der Waals surface area contributed by atoms with Crippen molar-refractivity contribution in [1.82, 2.24) is 14.5 Å². The summed E-state index contributed by atoms with van der Waals surface area (Å²) in [6.07, 6.45) is 0. The molecule has 1 aromatic heterocycles. The molecule has 20 heavy (non-hydrogen) atoms. The topological polar surface area (TPSA) is 65.8 Å². The molecule has 6 nitrogen and oxygen atoms in total. The maximum Gasteiger partial charge on any atom is 0.276 e. The number of furan rings is 1. The van der Waals surface area contributed by atoms with Crippen LogP contribution in [0.5, 0.6) is 0 Å². The van der Waals surface area contributed by atoms with Crippen LogP contribution in [0.4, 0.5) is 0 Å². The van der Waals surface area contributed by atoms with Crippen LogP contribution >= 0.6 is 0 Å². The van der Waals surface area contributed by atoms with Gasteiger partial charge in [-0.05, 0) is 40.2 Å². The Labute approximate surface area is 121 Å². The van der Waals surface area contributed by atoms with Gasteiger partial charge in [0.25, 0.3) is 10.0 Å². The highest BCUT2D eigenvalue weighted by molar-refractivity contribution is 7.89. The molecule has 1 heterocycles. The van der Waals surface area contributed by atoms with Crippen LogP contribution in [0.25, 0.3) is 0 Å². The van der Waals surface area contributed by atoms with E-state index in [9.17, 15) is 8.42 Å². The average molecular weight is 303 g/mol. The minimum absolute atomic E-state index is 0.00945. The quantitative estimate of drug-likeness (QED) is 0.775. The van der Waals surface area contributed by atoms with Crippen LogP contribution in [0, 0.1) is 0 Å². The number of nitrogens with zero attached hydrogens (tertiary/aromatic N) is 2. The molecule has 0 spiro atoms. The minimum Gasteiger partial charge on any atom is -0.447 e. The lowest BCUT2D eigenvalue weighted by Gasteiger charge is -2.28. The molecule has 0 aromatic carbocycles. The number of hydrogen-bond acceptors (Lipinski definition) is 5. The summed E-state index contributed by atoms with van der Waals surface area (Å²) < 4.78 is 32.1. The van der Waals surface area contributed by atoms with Crippen LogP contribution in [-0.4, -0.2) is 57.9 Å². The van der Waals surface area contributed by atoms with E-state index in [-0.39, 0.29) is 11.1 Å². The van der Waals surface area contributed by atoms with Crippen molar-refractivity contribution in [3.63, 3.8) is 0 Å². The Morgan fingerprint density at radius 1 is 1.35 bits per heavy atom. The molecular weight excluding hydrogens is 278 g/mol. The monoisotopic (exact) mass is 303 g/mol. The molecule has 1 rings (SSSR count). The predicted octanol–water partition coefficient (Wildman–Crippen LogP) is 0.960. The second-order valence-corrected chi connectivity index (χ2v) is 6.89. The standard InChI is InChI=1S/C13H25N3O3S/c1-6-16(11(2)10-15(4)5)20(17,18)13-8-7-12(19-13)9-14-3/h7-8,11,14H,6,9-10H2,1-5H3. The first-order valence-electron chi connectivity index (χ1n) is 6.72. The molecule has 0 amide bonds. The summed E-state index contributed by atoms with van der Waals surface area (Å²) in [6.45, 7) is 5.32. The van der Waals surface area contributed by atoms with E-state index in [1.54, 1.807) is 13.1 Å². The van der Waals surface area contributed by atoms with E-state index in [1.165, 1.54) is 10.4 Å².